The lowest BCUT2D eigenvalue weighted by molar-refractivity contribution is -0.390. The molecule has 70 valence electrons. The minimum Gasteiger partial charge on any atom is -0.498 e. The first-order valence-corrected chi connectivity index (χ1v) is 3.93. The summed E-state index contributed by atoms with van der Waals surface area (Å²) in [4.78, 5) is 13.0. The van der Waals surface area contributed by atoms with Crippen molar-refractivity contribution in [3.05, 3.63) is 20.8 Å². The molecule has 1 aromatic heterocycles. The summed E-state index contributed by atoms with van der Waals surface area (Å²) in [5, 5.41) is 19.6. The lowest BCUT2D eigenvalue weighted by Gasteiger charge is -2.01. The normalized spacial score (nSPS) is 9.69. The van der Waals surface area contributed by atoms with Crippen LogP contribution in [0.5, 0.6) is 11.5 Å². The fraction of sp³-hybridized carbons (Fsp3) is 0.167. The maximum Gasteiger partial charge on any atom is 0.411 e. The van der Waals surface area contributed by atoms with Gasteiger partial charge < -0.3 is 20.0 Å². The summed E-state index contributed by atoms with van der Waals surface area (Å²) < 4.78 is 4.92. The van der Waals surface area contributed by atoms with Gasteiger partial charge >= 0.3 is 5.82 Å². The van der Waals surface area contributed by atoms with Crippen molar-refractivity contribution in [1.29, 1.82) is 0 Å². The van der Waals surface area contributed by atoms with Crippen LogP contribution in [-0.4, -0.2) is 22.1 Å². The number of ether oxygens (including phenoxy) is 1. The standard InChI is InChI=1S/C6H5BrN2O4/c1-13-3-2-4(7)8-6(5(3)10)9(11)12/h2,10H,1H3. The molecule has 6 nitrogen and oxygen atoms in total. The van der Waals surface area contributed by atoms with Crippen molar-refractivity contribution in [1.82, 2.24) is 4.98 Å². The highest BCUT2D eigenvalue weighted by Crippen LogP contribution is 2.35. The predicted octanol–water partition coefficient (Wildman–Crippen LogP) is 1.47. The Balaban J connectivity index is 3.35. The minimum atomic E-state index is -0.789. The van der Waals surface area contributed by atoms with Gasteiger partial charge in [0.05, 0.1) is 7.11 Å². The molecular formula is C6H5BrN2O4. The van der Waals surface area contributed by atoms with E-state index in [1.165, 1.54) is 13.2 Å². The molecule has 1 heterocycles. The van der Waals surface area contributed by atoms with Crippen LogP contribution in [0.2, 0.25) is 0 Å². The molecule has 7 heteroatoms. The van der Waals surface area contributed by atoms with Gasteiger partial charge in [-0.15, -0.1) is 0 Å². The molecular weight excluding hydrogens is 244 g/mol. The molecule has 0 bridgehead atoms. The Morgan fingerprint density at radius 3 is 2.85 bits per heavy atom. The van der Waals surface area contributed by atoms with Crippen molar-refractivity contribution in [2.45, 2.75) is 0 Å². The molecule has 0 amide bonds. The number of nitrogens with zero attached hydrogens (tertiary/aromatic N) is 2. The van der Waals surface area contributed by atoms with Crippen molar-refractivity contribution in [2.75, 3.05) is 7.11 Å². The van der Waals surface area contributed by atoms with Crippen LogP contribution in [-0.2, 0) is 0 Å². The Hall–Kier alpha value is -1.37. The van der Waals surface area contributed by atoms with E-state index in [2.05, 4.69) is 20.9 Å². The maximum absolute atomic E-state index is 10.3. The number of nitro groups is 1. The molecule has 0 aliphatic carbocycles. The van der Waals surface area contributed by atoms with Gasteiger partial charge in [-0.3, -0.25) is 0 Å². The second-order valence-electron chi connectivity index (χ2n) is 2.08. The number of hydrogen-bond donors (Lipinski definition) is 1. The van der Waals surface area contributed by atoms with E-state index in [1.54, 1.807) is 0 Å². The zero-order valence-corrected chi connectivity index (χ0v) is 8.11. The van der Waals surface area contributed by atoms with E-state index in [0.29, 0.717) is 0 Å². The van der Waals surface area contributed by atoms with Gasteiger partial charge in [-0.1, -0.05) is 0 Å². The van der Waals surface area contributed by atoms with Gasteiger partial charge in [0.2, 0.25) is 4.60 Å². The van der Waals surface area contributed by atoms with E-state index in [1.807, 2.05) is 0 Å². The highest BCUT2D eigenvalue weighted by molar-refractivity contribution is 9.10. The van der Waals surface area contributed by atoms with Crippen molar-refractivity contribution in [2.24, 2.45) is 0 Å². The van der Waals surface area contributed by atoms with Crippen LogP contribution in [0.4, 0.5) is 5.82 Å². The Morgan fingerprint density at radius 1 is 1.77 bits per heavy atom. The van der Waals surface area contributed by atoms with Crippen LogP contribution in [0.3, 0.4) is 0 Å². The van der Waals surface area contributed by atoms with Gasteiger partial charge in [0.15, 0.2) is 5.75 Å². The molecule has 0 saturated heterocycles. The first-order chi connectivity index (χ1) is 6.06. The second kappa shape index (κ2) is 3.56. The fourth-order valence-electron chi connectivity index (χ4n) is 0.756. The Labute approximate surface area is 81.4 Å². The molecule has 0 radical (unpaired) electrons. The molecule has 1 rings (SSSR count). The fourth-order valence-corrected chi connectivity index (χ4v) is 1.13. The molecule has 0 atom stereocenters. The minimum absolute atomic E-state index is 0.00794. The number of pyridine rings is 1. The highest BCUT2D eigenvalue weighted by atomic mass is 79.9. The van der Waals surface area contributed by atoms with Gasteiger partial charge in [-0.2, -0.15) is 0 Å². The topological polar surface area (TPSA) is 85.5 Å². The lowest BCUT2D eigenvalue weighted by atomic mass is 10.4. The third kappa shape index (κ3) is 1.86. The van der Waals surface area contributed by atoms with Gasteiger partial charge in [0.25, 0.3) is 5.75 Å². The molecule has 0 unspecified atom stereocenters. The first kappa shape index (κ1) is 9.72. The summed E-state index contributed by atoms with van der Waals surface area (Å²) in [6, 6.07) is 1.34. The van der Waals surface area contributed by atoms with E-state index >= 15 is 0 Å². The SMILES string of the molecule is COc1cc(Br)nc([N+](=O)[O-])c1O. The number of rotatable bonds is 2. The third-order valence-electron chi connectivity index (χ3n) is 1.30. The molecule has 13 heavy (non-hydrogen) atoms. The lowest BCUT2D eigenvalue weighted by Crippen LogP contribution is -1.95. The Morgan fingerprint density at radius 2 is 2.38 bits per heavy atom. The molecule has 0 fully saturated rings. The summed E-state index contributed by atoms with van der Waals surface area (Å²) in [6.07, 6.45) is 0. The summed E-state index contributed by atoms with van der Waals surface area (Å²) in [7, 11) is 1.30. The first-order valence-electron chi connectivity index (χ1n) is 3.14. The van der Waals surface area contributed by atoms with Gasteiger partial charge in [0.1, 0.15) is 0 Å². The summed E-state index contributed by atoms with van der Waals surface area (Å²) in [5.41, 5.74) is 0. The summed E-state index contributed by atoms with van der Waals surface area (Å²) in [5.74, 6) is -1.20. The maximum atomic E-state index is 10.3. The van der Waals surface area contributed by atoms with Crippen LogP contribution in [0, 0.1) is 10.1 Å². The summed E-state index contributed by atoms with van der Waals surface area (Å²) in [6.45, 7) is 0. The Bertz CT molecular complexity index is 355. The van der Waals surface area contributed by atoms with Crippen molar-refractivity contribution in [3.63, 3.8) is 0 Å². The number of hydrogen-bond acceptors (Lipinski definition) is 5. The molecule has 0 aromatic carbocycles. The summed E-state index contributed by atoms with van der Waals surface area (Å²) >= 11 is 2.95. The molecule has 0 aliphatic heterocycles. The zero-order valence-electron chi connectivity index (χ0n) is 6.52. The van der Waals surface area contributed by atoms with Gasteiger partial charge in [0, 0.05) is 22.0 Å². The van der Waals surface area contributed by atoms with Gasteiger partial charge in [-0.05, 0) is 9.91 Å². The van der Waals surface area contributed by atoms with Crippen molar-refractivity contribution < 1.29 is 14.8 Å². The third-order valence-corrected chi connectivity index (χ3v) is 1.71. The number of aromatic hydroxyl groups is 1. The van der Waals surface area contributed by atoms with Crippen LogP contribution in [0.25, 0.3) is 0 Å². The highest BCUT2D eigenvalue weighted by Gasteiger charge is 2.21. The number of aromatic nitrogens is 1. The monoisotopic (exact) mass is 248 g/mol. The Kier molecular flexibility index (Phi) is 2.66. The van der Waals surface area contributed by atoms with E-state index < -0.39 is 16.5 Å². The average molecular weight is 249 g/mol. The van der Waals surface area contributed by atoms with E-state index in [9.17, 15) is 15.2 Å². The van der Waals surface area contributed by atoms with Crippen LogP contribution >= 0.6 is 15.9 Å². The quantitative estimate of drug-likeness (QED) is 0.487. The molecule has 0 saturated carbocycles. The van der Waals surface area contributed by atoms with Crippen LogP contribution in [0.15, 0.2) is 10.7 Å². The van der Waals surface area contributed by atoms with E-state index in [-0.39, 0.29) is 10.4 Å². The molecule has 0 spiro atoms. The molecule has 0 aliphatic rings. The van der Waals surface area contributed by atoms with Crippen molar-refractivity contribution >= 4 is 21.7 Å². The number of halogens is 1. The zero-order chi connectivity index (χ0) is 10.0. The largest absolute Gasteiger partial charge is 0.498 e. The predicted molar refractivity (Wildman–Crippen MR) is 46.8 cm³/mol. The average Bonchev–Trinajstić information content (AvgIpc) is 2.08. The van der Waals surface area contributed by atoms with E-state index in [0.717, 1.165) is 0 Å². The second-order valence-corrected chi connectivity index (χ2v) is 2.89. The van der Waals surface area contributed by atoms with Crippen LogP contribution in [0.1, 0.15) is 0 Å². The number of methoxy groups -OCH3 is 1. The van der Waals surface area contributed by atoms with E-state index in [4.69, 9.17) is 4.74 Å². The van der Waals surface area contributed by atoms with Gasteiger partial charge in [-0.25, -0.2) is 0 Å². The molecule has 1 aromatic rings. The smallest absolute Gasteiger partial charge is 0.411 e. The molecule has 1 N–H and O–H groups in total. The van der Waals surface area contributed by atoms with Crippen LogP contribution < -0.4 is 4.74 Å². The van der Waals surface area contributed by atoms with Crippen molar-refractivity contribution in [3.8, 4) is 11.5 Å².